The summed E-state index contributed by atoms with van der Waals surface area (Å²) in [6.45, 7) is 7.04. The van der Waals surface area contributed by atoms with E-state index in [0.717, 1.165) is 16.6 Å². The van der Waals surface area contributed by atoms with Gasteiger partial charge in [0.15, 0.2) is 9.84 Å². The van der Waals surface area contributed by atoms with Crippen molar-refractivity contribution in [2.45, 2.75) is 50.2 Å². The first kappa shape index (κ1) is 21.6. The van der Waals surface area contributed by atoms with Crippen LogP contribution >= 0.6 is 0 Å². The molecule has 0 saturated carbocycles. The molecule has 164 valence electrons. The Hall–Kier alpha value is -2.64. The zero-order valence-electron chi connectivity index (χ0n) is 18.1. The minimum absolute atomic E-state index is 0.0145. The first-order valence-electron chi connectivity index (χ1n) is 10.5. The normalized spacial score (nSPS) is 19.6. The highest BCUT2D eigenvalue weighted by Gasteiger charge is 2.27. The number of benzene rings is 2. The van der Waals surface area contributed by atoms with Gasteiger partial charge in [0, 0.05) is 30.2 Å². The molecule has 4 rings (SSSR count). The minimum atomic E-state index is -3.58. The number of carbonyl (C=O) groups excluding carboxylic acids is 1. The Balaban J connectivity index is 1.65. The number of rotatable bonds is 5. The SMILES string of the molecule is Cc1cccc(CS(=O)(=O)c2cn(CC(=O)N3CC(C)OC(C)C3)c3ccccc23)c1. The Bertz CT molecular complexity index is 1210. The van der Waals surface area contributed by atoms with E-state index in [1.807, 2.05) is 63.2 Å². The molecule has 1 saturated heterocycles. The zero-order chi connectivity index (χ0) is 22.2. The topological polar surface area (TPSA) is 68.6 Å². The van der Waals surface area contributed by atoms with Crippen molar-refractivity contribution >= 4 is 26.6 Å². The Morgan fingerprint density at radius 1 is 1.06 bits per heavy atom. The average molecular weight is 441 g/mol. The third-order valence-corrected chi connectivity index (χ3v) is 7.31. The summed E-state index contributed by atoms with van der Waals surface area (Å²) in [7, 11) is -3.58. The van der Waals surface area contributed by atoms with Gasteiger partial charge in [0.25, 0.3) is 0 Å². The Morgan fingerprint density at radius 2 is 1.77 bits per heavy atom. The van der Waals surface area contributed by atoms with Crippen LogP contribution in [-0.2, 0) is 31.7 Å². The third kappa shape index (κ3) is 4.67. The molecule has 3 aromatic rings. The molecule has 1 aliphatic heterocycles. The van der Waals surface area contributed by atoms with Crippen molar-refractivity contribution < 1.29 is 17.9 Å². The van der Waals surface area contributed by atoms with Crippen LogP contribution in [0.2, 0.25) is 0 Å². The van der Waals surface area contributed by atoms with E-state index in [-0.39, 0.29) is 35.3 Å². The smallest absolute Gasteiger partial charge is 0.242 e. The molecule has 2 unspecified atom stereocenters. The zero-order valence-corrected chi connectivity index (χ0v) is 18.9. The first-order valence-corrected chi connectivity index (χ1v) is 12.2. The molecule has 0 radical (unpaired) electrons. The fourth-order valence-electron chi connectivity index (χ4n) is 4.32. The minimum Gasteiger partial charge on any atom is -0.372 e. The van der Waals surface area contributed by atoms with Gasteiger partial charge in [-0.05, 0) is 32.4 Å². The molecular formula is C24H28N2O4S. The molecular weight excluding hydrogens is 412 g/mol. The van der Waals surface area contributed by atoms with Crippen molar-refractivity contribution in [1.29, 1.82) is 0 Å². The number of nitrogens with zero attached hydrogens (tertiary/aromatic N) is 2. The molecule has 31 heavy (non-hydrogen) atoms. The second-order valence-electron chi connectivity index (χ2n) is 8.44. The van der Waals surface area contributed by atoms with E-state index >= 15 is 0 Å². The highest BCUT2D eigenvalue weighted by molar-refractivity contribution is 7.90. The van der Waals surface area contributed by atoms with Gasteiger partial charge in [-0.2, -0.15) is 0 Å². The molecule has 2 heterocycles. The van der Waals surface area contributed by atoms with Gasteiger partial charge in [-0.25, -0.2) is 8.42 Å². The van der Waals surface area contributed by atoms with Crippen LogP contribution in [0.5, 0.6) is 0 Å². The number of carbonyl (C=O) groups is 1. The van der Waals surface area contributed by atoms with Crippen molar-refractivity contribution in [3.8, 4) is 0 Å². The molecule has 1 amide bonds. The first-order chi connectivity index (χ1) is 14.7. The summed E-state index contributed by atoms with van der Waals surface area (Å²) in [5.41, 5.74) is 2.52. The average Bonchev–Trinajstić information content (AvgIpc) is 3.06. The van der Waals surface area contributed by atoms with Gasteiger partial charge < -0.3 is 14.2 Å². The molecule has 0 N–H and O–H groups in total. The predicted octanol–water partition coefficient (Wildman–Crippen LogP) is 3.56. The van der Waals surface area contributed by atoms with E-state index < -0.39 is 9.84 Å². The van der Waals surface area contributed by atoms with E-state index in [1.165, 1.54) is 0 Å². The summed E-state index contributed by atoms with van der Waals surface area (Å²) in [5, 5.41) is 0.645. The highest BCUT2D eigenvalue weighted by Crippen LogP contribution is 2.28. The van der Waals surface area contributed by atoms with Crippen LogP contribution in [0.25, 0.3) is 10.9 Å². The second kappa shape index (κ2) is 8.48. The van der Waals surface area contributed by atoms with Crippen molar-refractivity contribution in [3.63, 3.8) is 0 Å². The van der Waals surface area contributed by atoms with Crippen LogP contribution < -0.4 is 0 Å². The lowest BCUT2D eigenvalue weighted by atomic mass is 10.2. The lowest BCUT2D eigenvalue weighted by Gasteiger charge is -2.35. The van der Waals surface area contributed by atoms with E-state index in [4.69, 9.17) is 4.74 Å². The fourth-order valence-corrected chi connectivity index (χ4v) is 5.89. The van der Waals surface area contributed by atoms with Crippen LogP contribution in [0, 0.1) is 6.92 Å². The number of ether oxygens (including phenoxy) is 1. The summed E-state index contributed by atoms with van der Waals surface area (Å²) in [6, 6.07) is 14.9. The Labute approximate surface area is 183 Å². The fraction of sp³-hybridized carbons (Fsp3) is 0.375. The molecule has 1 fully saturated rings. The standard InChI is InChI=1S/C24H28N2O4S/c1-17-7-6-8-20(11-17)16-31(28,29)23-14-25(22-10-5-4-9-21(22)23)15-24(27)26-12-18(2)30-19(3)13-26/h4-11,14,18-19H,12-13,15-16H2,1-3H3. The van der Waals surface area contributed by atoms with Gasteiger partial charge in [-0.15, -0.1) is 0 Å². The quantitative estimate of drug-likeness (QED) is 0.608. The number of hydrogen-bond acceptors (Lipinski definition) is 4. The number of aromatic nitrogens is 1. The molecule has 2 atom stereocenters. The molecule has 0 aliphatic carbocycles. The predicted molar refractivity (Wildman–Crippen MR) is 121 cm³/mol. The third-order valence-electron chi connectivity index (χ3n) is 5.60. The van der Waals surface area contributed by atoms with Gasteiger partial charge in [0.1, 0.15) is 6.54 Å². The number of morpholine rings is 1. The van der Waals surface area contributed by atoms with Crippen LogP contribution in [0.4, 0.5) is 0 Å². The van der Waals surface area contributed by atoms with Crippen LogP contribution in [0.1, 0.15) is 25.0 Å². The number of para-hydroxylation sites is 1. The molecule has 1 aliphatic rings. The summed E-state index contributed by atoms with van der Waals surface area (Å²) >= 11 is 0. The van der Waals surface area contributed by atoms with Gasteiger partial charge in [-0.3, -0.25) is 4.79 Å². The lowest BCUT2D eigenvalue weighted by molar-refractivity contribution is -0.143. The summed E-state index contributed by atoms with van der Waals surface area (Å²) in [4.78, 5) is 15.1. The van der Waals surface area contributed by atoms with Crippen LogP contribution in [0.3, 0.4) is 0 Å². The maximum absolute atomic E-state index is 13.3. The van der Waals surface area contributed by atoms with Crippen molar-refractivity contribution in [1.82, 2.24) is 9.47 Å². The van der Waals surface area contributed by atoms with E-state index in [1.54, 1.807) is 21.7 Å². The Morgan fingerprint density at radius 3 is 2.48 bits per heavy atom. The van der Waals surface area contributed by atoms with Gasteiger partial charge in [0.05, 0.1) is 22.9 Å². The van der Waals surface area contributed by atoms with E-state index in [9.17, 15) is 13.2 Å². The number of amides is 1. The molecule has 1 aromatic heterocycles. The molecule has 0 bridgehead atoms. The Kier molecular flexibility index (Phi) is 5.90. The van der Waals surface area contributed by atoms with Crippen molar-refractivity contribution in [2.24, 2.45) is 0 Å². The summed E-state index contributed by atoms with van der Waals surface area (Å²) in [5.74, 6) is -0.111. The number of aryl methyl sites for hydroxylation is 1. The highest BCUT2D eigenvalue weighted by atomic mass is 32.2. The van der Waals surface area contributed by atoms with Gasteiger partial charge >= 0.3 is 0 Å². The number of fused-ring (bicyclic) bond motifs is 1. The maximum Gasteiger partial charge on any atom is 0.242 e. The number of sulfone groups is 1. The molecule has 7 heteroatoms. The molecule has 6 nitrogen and oxygen atoms in total. The second-order valence-corrected chi connectivity index (χ2v) is 10.4. The van der Waals surface area contributed by atoms with E-state index in [0.29, 0.717) is 18.5 Å². The lowest BCUT2D eigenvalue weighted by Crippen LogP contribution is -2.49. The van der Waals surface area contributed by atoms with Crippen molar-refractivity contribution in [3.05, 3.63) is 65.9 Å². The van der Waals surface area contributed by atoms with Crippen LogP contribution in [-0.4, -0.2) is 49.1 Å². The molecule has 0 spiro atoms. The monoisotopic (exact) mass is 440 g/mol. The van der Waals surface area contributed by atoms with Gasteiger partial charge in [0.2, 0.25) is 5.91 Å². The largest absolute Gasteiger partial charge is 0.372 e. The van der Waals surface area contributed by atoms with Gasteiger partial charge in [-0.1, -0.05) is 48.0 Å². The number of hydrogen-bond donors (Lipinski definition) is 0. The van der Waals surface area contributed by atoms with Crippen molar-refractivity contribution in [2.75, 3.05) is 13.1 Å². The van der Waals surface area contributed by atoms with E-state index in [2.05, 4.69) is 0 Å². The summed E-state index contributed by atoms with van der Waals surface area (Å²) < 4.78 is 34.1. The summed E-state index contributed by atoms with van der Waals surface area (Å²) in [6.07, 6.45) is 1.58. The van der Waals surface area contributed by atoms with Crippen LogP contribution in [0.15, 0.2) is 59.6 Å². The maximum atomic E-state index is 13.3. The molecule has 2 aromatic carbocycles.